The van der Waals surface area contributed by atoms with Gasteiger partial charge in [-0.1, -0.05) is 23.9 Å². The van der Waals surface area contributed by atoms with E-state index >= 15 is 0 Å². The van der Waals surface area contributed by atoms with Crippen LogP contribution in [-0.4, -0.2) is 23.8 Å². The van der Waals surface area contributed by atoms with Crippen molar-refractivity contribution >= 4 is 34.0 Å². The Kier molecular flexibility index (Phi) is 6.77. The third-order valence-corrected chi connectivity index (χ3v) is 8.74. The molecule has 0 atom stereocenters. The molecule has 6 nitrogen and oxygen atoms in total. The minimum absolute atomic E-state index is 0.121. The van der Waals surface area contributed by atoms with E-state index in [4.69, 9.17) is 9.72 Å². The van der Waals surface area contributed by atoms with E-state index in [0.29, 0.717) is 21.2 Å². The molecule has 0 saturated carbocycles. The average Bonchev–Trinajstić information content (AvgIpc) is 3.47. The molecule has 1 amide bonds. The number of methoxy groups -OCH3 is 1. The quantitative estimate of drug-likeness (QED) is 0.439. The molecule has 8 heteroatoms. The smallest absolute Gasteiger partial charge is 0.235 e. The van der Waals surface area contributed by atoms with Gasteiger partial charge in [0.05, 0.1) is 24.0 Å². The minimum atomic E-state index is -0.194. The number of nitrogens with zero attached hydrogens (tertiary/aromatic N) is 3. The van der Waals surface area contributed by atoms with Gasteiger partial charge in [-0.15, -0.1) is 11.3 Å². The Labute approximate surface area is 213 Å². The van der Waals surface area contributed by atoms with Crippen molar-refractivity contribution in [2.24, 2.45) is 0 Å². The van der Waals surface area contributed by atoms with Gasteiger partial charge in [-0.05, 0) is 73.8 Å². The molecule has 5 rings (SSSR count). The Balaban J connectivity index is 1.42. The summed E-state index contributed by atoms with van der Waals surface area (Å²) < 4.78 is 5.30. The van der Waals surface area contributed by atoms with Crippen molar-refractivity contribution in [2.75, 3.05) is 18.2 Å². The van der Waals surface area contributed by atoms with E-state index in [0.717, 1.165) is 78.6 Å². The lowest BCUT2D eigenvalue weighted by molar-refractivity contribution is -0.113. The van der Waals surface area contributed by atoms with Gasteiger partial charge in [-0.2, -0.15) is 10.5 Å². The van der Waals surface area contributed by atoms with Crippen molar-refractivity contribution in [2.45, 2.75) is 50.0 Å². The van der Waals surface area contributed by atoms with Crippen molar-refractivity contribution in [3.63, 3.8) is 0 Å². The molecule has 1 N–H and O–H groups in total. The van der Waals surface area contributed by atoms with Crippen molar-refractivity contribution in [1.29, 1.82) is 10.5 Å². The zero-order valence-electron chi connectivity index (χ0n) is 19.4. The van der Waals surface area contributed by atoms with E-state index in [1.54, 1.807) is 7.11 Å². The summed E-state index contributed by atoms with van der Waals surface area (Å²) in [5, 5.41) is 23.9. The molecule has 2 aromatic heterocycles. The van der Waals surface area contributed by atoms with Crippen LogP contribution in [0.4, 0.5) is 5.00 Å². The predicted molar refractivity (Wildman–Crippen MR) is 138 cm³/mol. The van der Waals surface area contributed by atoms with E-state index in [2.05, 4.69) is 17.5 Å². The number of nitrogens with one attached hydrogen (secondary N) is 1. The number of hydrogen-bond acceptors (Lipinski definition) is 7. The molecule has 35 heavy (non-hydrogen) atoms. The number of aromatic nitrogens is 1. The predicted octanol–water partition coefficient (Wildman–Crippen LogP) is 5.66. The normalized spacial score (nSPS) is 13.9. The van der Waals surface area contributed by atoms with Crippen LogP contribution >= 0.6 is 23.1 Å². The molecule has 0 fully saturated rings. The first-order chi connectivity index (χ1) is 17.1. The first-order valence-corrected chi connectivity index (χ1v) is 13.5. The summed E-state index contributed by atoms with van der Waals surface area (Å²) in [7, 11) is 1.63. The molecular formula is C27H24N4O2S2. The number of amides is 1. The summed E-state index contributed by atoms with van der Waals surface area (Å²) in [6.07, 6.45) is 6.84. The van der Waals surface area contributed by atoms with Gasteiger partial charge in [-0.3, -0.25) is 4.79 Å². The van der Waals surface area contributed by atoms with Gasteiger partial charge in [-0.25, -0.2) is 4.98 Å². The molecule has 0 aliphatic heterocycles. The highest BCUT2D eigenvalue weighted by Gasteiger charge is 2.25. The fourth-order valence-corrected chi connectivity index (χ4v) is 6.97. The average molecular weight is 501 g/mol. The van der Waals surface area contributed by atoms with Crippen LogP contribution in [-0.2, 0) is 30.5 Å². The lowest BCUT2D eigenvalue weighted by atomic mass is 9.87. The largest absolute Gasteiger partial charge is 0.497 e. The number of nitriles is 2. The van der Waals surface area contributed by atoms with Crippen LogP contribution < -0.4 is 10.1 Å². The van der Waals surface area contributed by atoms with Crippen LogP contribution in [0.15, 0.2) is 29.3 Å². The Hall–Kier alpha value is -3.33. The van der Waals surface area contributed by atoms with Gasteiger partial charge in [0.2, 0.25) is 5.91 Å². The standard InChI is InChI=1S/C27H24N4O2S2/c1-33-17-11-9-16(10-12-17)25-19-5-2-3-7-22(19)30-26(21(25)14-29)34-15-24(32)31-27-20(13-28)18-6-4-8-23(18)35-27/h9-12H,2-8,15H2,1H3,(H,31,32). The molecule has 176 valence electrons. The van der Waals surface area contributed by atoms with Gasteiger partial charge < -0.3 is 10.1 Å². The van der Waals surface area contributed by atoms with Gasteiger partial charge in [0.25, 0.3) is 0 Å². The number of pyridine rings is 1. The molecule has 2 heterocycles. The van der Waals surface area contributed by atoms with E-state index in [9.17, 15) is 15.3 Å². The topological polar surface area (TPSA) is 98.8 Å². The molecule has 0 saturated heterocycles. The molecule has 0 spiro atoms. The number of thiophene rings is 1. The lowest BCUT2D eigenvalue weighted by Gasteiger charge is -2.22. The second-order valence-corrected chi connectivity index (χ2v) is 10.7. The SMILES string of the molecule is COc1ccc(-c2c(C#N)c(SCC(=O)Nc3sc4c(c3C#N)CCC4)nc3c2CCCC3)cc1. The van der Waals surface area contributed by atoms with Crippen LogP contribution in [0.2, 0.25) is 0 Å². The molecule has 0 bridgehead atoms. The fraction of sp³-hybridized carbons (Fsp3) is 0.333. The number of ether oxygens (including phenoxy) is 1. The highest BCUT2D eigenvalue weighted by molar-refractivity contribution is 8.00. The number of carbonyl (C=O) groups is 1. The minimum Gasteiger partial charge on any atom is -0.497 e. The first-order valence-electron chi connectivity index (χ1n) is 11.7. The Morgan fingerprint density at radius 2 is 1.80 bits per heavy atom. The number of aryl methyl sites for hydroxylation is 2. The summed E-state index contributed by atoms with van der Waals surface area (Å²) in [5.41, 5.74) is 6.25. The zero-order chi connectivity index (χ0) is 24.4. The third kappa shape index (κ3) is 4.52. The number of hydrogen-bond donors (Lipinski definition) is 1. The Morgan fingerprint density at radius 1 is 1.06 bits per heavy atom. The monoisotopic (exact) mass is 500 g/mol. The number of carbonyl (C=O) groups excluding carboxylic acids is 1. The summed E-state index contributed by atoms with van der Waals surface area (Å²) in [5.74, 6) is 0.689. The number of anilines is 1. The first kappa shape index (κ1) is 23.4. The number of thioether (sulfide) groups is 1. The molecule has 1 aromatic carbocycles. The zero-order valence-corrected chi connectivity index (χ0v) is 21.1. The van der Waals surface area contributed by atoms with Crippen LogP contribution in [0.3, 0.4) is 0 Å². The maximum atomic E-state index is 12.8. The summed E-state index contributed by atoms with van der Waals surface area (Å²) in [6.45, 7) is 0. The van der Waals surface area contributed by atoms with Crippen LogP contribution in [0.5, 0.6) is 5.75 Å². The second-order valence-electron chi connectivity index (χ2n) is 8.65. The van der Waals surface area contributed by atoms with E-state index < -0.39 is 0 Å². The summed E-state index contributed by atoms with van der Waals surface area (Å²) >= 11 is 2.79. The molecule has 0 radical (unpaired) electrons. The molecule has 2 aliphatic carbocycles. The van der Waals surface area contributed by atoms with Crippen molar-refractivity contribution in [3.05, 3.63) is 57.1 Å². The maximum absolute atomic E-state index is 12.8. The van der Waals surface area contributed by atoms with E-state index in [1.807, 2.05) is 24.3 Å². The van der Waals surface area contributed by atoms with E-state index in [1.165, 1.54) is 28.0 Å². The Morgan fingerprint density at radius 3 is 2.54 bits per heavy atom. The lowest BCUT2D eigenvalue weighted by Crippen LogP contribution is -2.15. The van der Waals surface area contributed by atoms with E-state index in [-0.39, 0.29) is 11.7 Å². The maximum Gasteiger partial charge on any atom is 0.235 e. The number of benzene rings is 1. The molecule has 0 unspecified atom stereocenters. The van der Waals surface area contributed by atoms with Crippen molar-refractivity contribution in [1.82, 2.24) is 4.98 Å². The van der Waals surface area contributed by atoms with Gasteiger partial charge in [0.15, 0.2) is 0 Å². The van der Waals surface area contributed by atoms with Crippen LogP contribution in [0.1, 0.15) is 52.1 Å². The number of rotatable bonds is 6. The second kappa shape index (κ2) is 10.1. The van der Waals surface area contributed by atoms with Crippen molar-refractivity contribution < 1.29 is 9.53 Å². The molecule has 2 aliphatic rings. The highest BCUT2D eigenvalue weighted by atomic mass is 32.2. The summed E-state index contributed by atoms with van der Waals surface area (Å²) in [4.78, 5) is 18.9. The van der Waals surface area contributed by atoms with Crippen molar-refractivity contribution in [3.8, 4) is 29.0 Å². The molecule has 3 aromatic rings. The van der Waals surface area contributed by atoms with Gasteiger partial charge >= 0.3 is 0 Å². The highest BCUT2D eigenvalue weighted by Crippen LogP contribution is 2.40. The Bertz CT molecular complexity index is 1380. The molecular weight excluding hydrogens is 476 g/mol. The van der Waals surface area contributed by atoms with Crippen LogP contribution in [0.25, 0.3) is 11.1 Å². The number of fused-ring (bicyclic) bond motifs is 2. The van der Waals surface area contributed by atoms with Gasteiger partial charge in [0, 0.05) is 16.1 Å². The van der Waals surface area contributed by atoms with Gasteiger partial charge in [0.1, 0.15) is 27.9 Å². The third-order valence-electron chi connectivity index (χ3n) is 6.56. The summed E-state index contributed by atoms with van der Waals surface area (Å²) in [6, 6.07) is 12.4. The van der Waals surface area contributed by atoms with Crippen LogP contribution in [0, 0.1) is 22.7 Å². The fourth-order valence-electron chi connectivity index (χ4n) is 4.91.